The van der Waals surface area contributed by atoms with Gasteiger partial charge in [0, 0.05) is 6.42 Å². The molecule has 0 bridgehead atoms. The number of carbonyl (C=O) groups is 2. The number of carboxylic acids is 2. The number of hydrogen-bond donors (Lipinski definition) is 2. The lowest BCUT2D eigenvalue weighted by atomic mass is 9.84. The van der Waals surface area contributed by atoms with Crippen LogP contribution in [0.25, 0.3) is 0 Å². The number of unbranched alkanes of at least 4 members (excludes halogenated alkanes) is 1. The van der Waals surface area contributed by atoms with E-state index in [2.05, 4.69) is 24.3 Å². The van der Waals surface area contributed by atoms with Crippen molar-refractivity contribution in [2.24, 2.45) is 0 Å². The number of aromatic carboxylic acids is 1. The molecule has 0 radical (unpaired) electrons. The number of ether oxygens (including phenoxy) is 1. The summed E-state index contributed by atoms with van der Waals surface area (Å²) in [6.07, 6.45) is 8.38. The van der Waals surface area contributed by atoms with Gasteiger partial charge in [-0.25, -0.2) is 13.2 Å². The summed E-state index contributed by atoms with van der Waals surface area (Å²) in [6, 6.07) is 21.6. The van der Waals surface area contributed by atoms with Crippen LogP contribution >= 0.6 is 0 Å². The lowest BCUT2D eigenvalue weighted by molar-refractivity contribution is -0.137. The fraction of sp³-hybridized carbons (Fsp3) is 0.412. The second-order valence-corrected chi connectivity index (χ2v) is 13.4. The quantitative estimate of drug-likeness (QED) is 0.176. The molecule has 3 aromatic carbocycles. The van der Waals surface area contributed by atoms with Gasteiger partial charge in [-0.1, -0.05) is 68.1 Å². The van der Waals surface area contributed by atoms with Gasteiger partial charge in [-0.2, -0.15) is 0 Å². The SMILES string of the molecule is O=C(O)CCCCC(CCc1ccccc1OCc1ccc(C2CCCCC2)cc1)S(=O)(=O)c1ccc(C(=O)O)cc1. The van der Waals surface area contributed by atoms with Crippen molar-refractivity contribution < 1.29 is 33.0 Å². The van der Waals surface area contributed by atoms with Crippen LogP contribution in [-0.2, 0) is 27.7 Å². The van der Waals surface area contributed by atoms with Gasteiger partial charge in [0.25, 0.3) is 0 Å². The topological polar surface area (TPSA) is 118 Å². The fourth-order valence-electron chi connectivity index (χ4n) is 5.73. The van der Waals surface area contributed by atoms with E-state index in [1.807, 2.05) is 24.3 Å². The van der Waals surface area contributed by atoms with Gasteiger partial charge in [-0.15, -0.1) is 0 Å². The third-order valence-corrected chi connectivity index (χ3v) is 10.5. The van der Waals surface area contributed by atoms with Gasteiger partial charge in [-0.05, 0) is 91.5 Å². The summed E-state index contributed by atoms with van der Waals surface area (Å²) in [5.41, 5.74) is 3.39. The number of para-hydroxylation sites is 1. The molecule has 1 fully saturated rings. The zero-order valence-corrected chi connectivity index (χ0v) is 24.7. The van der Waals surface area contributed by atoms with Crippen molar-refractivity contribution in [3.63, 3.8) is 0 Å². The molecule has 4 rings (SSSR count). The van der Waals surface area contributed by atoms with Crippen LogP contribution < -0.4 is 4.74 Å². The number of aryl methyl sites for hydroxylation is 1. The molecule has 1 aliphatic carbocycles. The Balaban J connectivity index is 1.43. The molecule has 1 saturated carbocycles. The van der Waals surface area contributed by atoms with Crippen LogP contribution in [-0.4, -0.2) is 35.8 Å². The van der Waals surface area contributed by atoms with E-state index in [0.717, 1.165) is 11.1 Å². The monoisotopic (exact) mass is 592 g/mol. The van der Waals surface area contributed by atoms with E-state index in [4.69, 9.17) is 9.84 Å². The molecule has 1 atom stereocenters. The standard InChI is InChI=1S/C34H40O7S/c35-33(36)13-7-5-11-30(42(39,40)31-22-19-29(20-23-31)34(37)38)21-18-28-10-4-6-12-32(28)41-24-25-14-16-27(17-15-25)26-8-2-1-3-9-26/h4,6,10,12,14-17,19-20,22-23,26,30H,1-3,5,7-9,11,13,18,21,24H2,(H,35,36)(H,37,38). The smallest absolute Gasteiger partial charge is 0.335 e. The van der Waals surface area contributed by atoms with E-state index in [1.165, 1.54) is 61.9 Å². The molecular weight excluding hydrogens is 552 g/mol. The molecule has 1 aliphatic rings. The number of carboxylic acid groups (broad SMARTS) is 2. The third kappa shape index (κ3) is 8.68. The van der Waals surface area contributed by atoms with Crippen LogP contribution in [0.4, 0.5) is 0 Å². The van der Waals surface area contributed by atoms with E-state index in [1.54, 1.807) is 0 Å². The number of benzene rings is 3. The van der Waals surface area contributed by atoms with Crippen LogP contribution in [0.5, 0.6) is 5.75 Å². The molecule has 224 valence electrons. The summed E-state index contributed by atoms with van der Waals surface area (Å²) < 4.78 is 33.4. The van der Waals surface area contributed by atoms with Gasteiger partial charge < -0.3 is 14.9 Å². The van der Waals surface area contributed by atoms with Crippen LogP contribution in [0.15, 0.2) is 77.7 Å². The van der Waals surface area contributed by atoms with Crippen molar-refractivity contribution in [3.8, 4) is 5.75 Å². The molecular formula is C34H40O7S. The highest BCUT2D eigenvalue weighted by Crippen LogP contribution is 2.33. The first-order valence-electron chi connectivity index (χ1n) is 14.8. The third-order valence-electron chi connectivity index (χ3n) is 8.19. The molecule has 1 unspecified atom stereocenters. The van der Waals surface area contributed by atoms with E-state index in [9.17, 15) is 23.1 Å². The van der Waals surface area contributed by atoms with E-state index in [-0.39, 0.29) is 16.9 Å². The van der Waals surface area contributed by atoms with Crippen molar-refractivity contribution in [3.05, 3.63) is 95.1 Å². The van der Waals surface area contributed by atoms with E-state index < -0.39 is 27.0 Å². The van der Waals surface area contributed by atoms with Gasteiger partial charge in [0.2, 0.25) is 0 Å². The summed E-state index contributed by atoms with van der Waals surface area (Å²) in [4.78, 5) is 22.3. The molecule has 2 N–H and O–H groups in total. The van der Waals surface area contributed by atoms with Crippen LogP contribution in [0.1, 0.15) is 97.2 Å². The van der Waals surface area contributed by atoms with Crippen molar-refractivity contribution in [2.45, 2.75) is 93.3 Å². The molecule has 0 saturated heterocycles. The lowest BCUT2D eigenvalue weighted by Crippen LogP contribution is -2.23. The Hall–Kier alpha value is -3.65. The highest BCUT2D eigenvalue weighted by Gasteiger charge is 2.28. The van der Waals surface area contributed by atoms with Gasteiger partial charge in [-0.3, -0.25) is 4.79 Å². The normalized spacial score (nSPS) is 14.8. The first-order valence-corrected chi connectivity index (χ1v) is 16.4. The zero-order valence-electron chi connectivity index (χ0n) is 23.9. The van der Waals surface area contributed by atoms with Crippen LogP contribution in [0.3, 0.4) is 0 Å². The first kappa shape index (κ1) is 31.3. The first-order chi connectivity index (χ1) is 20.2. The molecule has 3 aromatic rings. The summed E-state index contributed by atoms with van der Waals surface area (Å²) in [7, 11) is -3.78. The zero-order chi connectivity index (χ0) is 30.0. The maximum atomic E-state index is 13.6. The van der Waals surface area contributed by atoms with Crippen LogP contribution in [0, 0.1) is 0 Å². The van der Waals surface area contributed by atoms with Gasteiger partial charge in [0.15, 0.2) is 9.84 Å². The van der Waals surface area contributed by atoms with E-state index >= 15 is 0 Å². The maximum Gasteiger partial charge on any atom is 0.335 e. The summed E-state index contributed by atoms with van der Waals surface area (Å²) >= 11 is 0. The predicted molar refractivity (Wildman–Crippen MR) is 162 cm³/mol. The Bertz CT molecular complexity index is 1420. The minimum atomic E-state index is -3.78. The Morgan fingerprint density at radius 1 is 0.833 bits per heavy atom. The lowest BCUT2D eigenvalue weighted by Gasteiger charge is -2.22. The van der Waals surface area contributed by atoms with E-state index in [0.29, 0.717) is 50.4 Å². The number of sulfone groups is 1. The highest BCUT2D eigenvalue weighted by molar-refractivity contribution is 7.92. The maximum absolute atomic E-state index is 13.6. The summed E-state index contributed by atoms with van der Waals surface area (Å²) in [6.45, 7) is 0.412. The van der Waals surface area contributed by atoms with Gasteiger partial charge >= 0.3 is 11.9 Å². The highest BCUT2D eigenvalue weighted by atomic mass is 32.2. The van der Waals surface area contributed by atoms with Crippen molar-refractivity contribution in [2.75, 3.05) is 0 Å². The molecule has 0 amide bonds. The minimum absolute atomic E-state index is 0.0154. The van der Waals surface area contributed by atoms with Crippen molar-refractivity contribution >= 4 is 21.8 Å². The second kappa shape index (κ2) is 15.0. The Kier molecular flexibility index (Phi) is 11.2. The fourth-order valence-corrected chi connectivity index (χ4v) is 7.54. The predicted octanol–water partition coefficient (Wildman–Crippen LogP) is 7.43. The molecule has 0 aromatic heterocycles. The average Bonchev–Trinajstić information content (AvgIpc) is 3.00. The molecule has 42 heavy (non-hydrogen) atoms. The number of rotatable bonds is 15. The Morgan fingerprint density at radius 2 is 1.52 bits per heavy atom. The van der Waals surface area contributed by atoms with Crippen LogP contribution in [0.2, 0.25) is 0 Å². The minimum Gasteiger partial charge on any atom is -0.489 e. The molecule has 0 aliphatic heterocycles. The van der Waals surface area contributed by atoms with Crippen molar-refractivity contribution in [1.82, 2.24) is 0 Å². The molecule has 0 spiro atoms. The summed E-state index contributed by atoms with van der Waals surface area (Å²) in [5.74, 6) is -0.672. The Labute approximate surface area is 248 Å². The molecule has 7 nitrogen and oxygen atoms in total. The van der Waals surface area contributed by atoms with Gasteiger partial charge in [0.05, 0.1) is 15.7 Å². The van der Waals surface area contributed by atoms with Crippen molar-refractivity contribution in [1.29, 1.82) is 0 Å². The molecule has 0 heterocycles. The molecule has 8 heteroatoms. The largest absolute Gasteiger partial charge is 0.489 e. The average molecular weight is 593 g/mol. The summed E-state index contributed by atoms with van der Waals surface area (Å²) in [5, 5.41) is 17.4. The number of hydrogen-bond acceptors (Lipinski definition) is 5. The second-order valence-electron chi connectivity index (χ2n) is 11.1. The Morgan fingerprint density at radius 3 is 2.19 bits per heavy atom. The van der Waals surface area contributed by atoms with Gasteiger partial charge in [0.1, 0.15) is 12.4 Å². The number of aliphatic carboxylic acids is 1.